The number of hydrogen-bond acceptors (Lipinski definition) is 2. The zero-order chi connectivity index (χ0) is 13.3. The van der Waals surface area contributed by atoms with Crippen molar-refractivity contribution in [1.29, 1.82) is 0 Å². The SMILES string of the molecule is C=CCCCCCCCC1=NOc2ccccc2C1. The third-order valence-electron chi connectivity index (χ3n) is 3.51. The first kappa shape index (κ1) is 13.9. The Morgan fingerprint density at radius 1 is 1.11 bits per heavy atom. The van der Waals surface area contributed by atoms with Crippen LogP contribution in [0.25, 0.3) is 0 Å². The van der Waals surface area contributed by atoms with Crippen LogP contribution in [0.2, 0.25) is 0 Å². The van der Waals surface area contributed by atoms with E-state index in [1.165, 1.54) is 43.4 Å². The number of para-hydroxylation sites is 1. The molecule has 1 aromatic carbocycles. The van der Waals surface area contributed by atoms with Crippen molar-refractivity contribution in [3.63, 3.8) is 0 Å². The van der Waals surface area contributed by atoms with E-state index in [9.17, 15) is 0 Å². The zero-order valence-corrected chi connectivity index (χ0v) is 11.6. The number of oxime groups is 1. The van der Waals surface area contributed by atoms with Crippen LogP contribution >= 0.6 is 0 Å². The molecule has 1 aliphatic heterocycles. The van der Waals surface area contributed by atoms with Crippen LogP contribution in [0.5, 0.6) is 5.75 Å². The Morgan fingerprint density at radius 3 is 2.79 bits per heavy atom. The smallest absolute Gasteiger partial charge is 0.161 e. The Kier molecular flexibility index (Phi) is 5.67. The average Bonchev–Trinajstić information content (AvgIpc) is 2.46. The average molecular weight is 257 g/mol. The molecule has 0 saturated heterocycles. The monoisotopic (exact) mass is 257 g/mol. The number of fused-ring (bicyclic) bond motifs is 1. The van der Waals surface area contributed by atoms with Crippen molar-refractivity contribution in [3.05, 3.63) is 42.5 Å². The van der Waals surface area contributed by atoms with Gasteiger partial charge in [-0.15, -0.1) is 6.58 Å². The molecule has 1 heterocycles. The van der Waals surface area contributed by atoms with Crippen LogP contribution < -0.4 is 4.84 Å². The summed E-state index contributed by atoms with van der Waals surface area (Å²) in [6, 6.07) is 8.15. The highest BCUT2D eigenvalue weighted by Gasteiger charge is 2.13. The second-order valence-electron chi connectivity index (χ2n) is 5.13. The van der Waals surface area contributed by atoms with Crippen LogP contribution in [-0.2, 0) is 6.42 Å². The lowest BCUT2D eigenvalue weighted by Gasteiger charge is -2.14. The predicted octanol–water partition coefficient (Wildman–Crippen LogP) is 4.89. The Morgan fingerprint density at radius 2 is 1.89 bits per heavy atom. The van der Waals surface area contributed by atoms with Gasteiger partial charge in [0.15, 0.2) is 5.75 Å². The number of hydrogen-bond donors (Lipinski definition) is 0. The van der Waals surface area contributed by atoms with Crippen molar-refractivity contribution >= 4 is 5.71 Å². The fourth-order valence-corrected chi connectivity index (χ4v) is 2.39. The summed E-state index contributed by atoms with van der Waals surface area (Å²) in [5.41, 5.74) is 2.45. The van der Waals surface area contributed by atoms with Crippen molar-refractivity contribution in [2.45, 2.75) is 51.4 Å². The Balaban J connectivity index is 1.63. The highest BCUT2D eigenvalue weighted by atomic mass is 16.6. The van der Waals surface area contributed by atoms with Gasteiger partial charge in [-0.2, -0.15) is 0 Å². The van der Waals surface area contributed by atoms with Crippen molar-refractivity contribution in [1.82, 2.24) is 0 Å². The number of rotatable bonds is 8. The summed E-state index contributed by atoms with van der Waals surface area (Å²) in [5, 5.41) is 4.22. The van der Waals surface area contributed by atoms with Gasteiger partial charge in [0.05, 0.1) is 5.71 Å². The lowest BCUT2D eigenvalue weighted by molar-refractivity contribution is 0.328. The molecule has 2 heteroatoms. The van der Waals surface area contributed by atoms with E-state index in [0.717, 1.165) is 25.0 Å². The highest BCUT2D eigenvalue weighted by Crippen LogP contribution is 2.24. The molecule has 0 fully saturated rings. The fraction of sp³-hybridized carbons (Fsp3) is 0.471. The second-order valence-corrected chi connectivity index (χ2v) is 5.13. The second kappa shape index (κ2) is 7.78. The van der Waals surface area contributed by atoms with Gasteiger partial charge >= 0.3 is 0 Å². The van der Waals surface area contributed by atoms with E-state index in [1.54, 1.807) is 0 Å². The largest absolute Gasteiger partial charge is 0.357 e. The maximum absolute atomic E-state index is 5.42. The van der Waals surface area contributed by atoms with Crippen molar-refractivity contribution in [3.8, 4) is 5.75 Å². The summed E-state index contributed by atoms with van der Waals surface area (Å²) in [5.74, 6) is 0.913. The summed E-state index contributed by atoms with van der Waals surface area (Å²) >= 11 is 0. The van der Waals surface area contributed by atoms with Crippen LogP contribution in [-0.4, -0.2) is 5.71 Å². The molecule has 1 aliphatic rings. The zero-order valence-electron chi connectivity index (χ0n) is 11.6. The number of allylic oxidation sites excluding steroid dienone is 1. The first-order valence-corrected chi connectivity index (χ1v) is 7.31. The van der Waals surface area contributed by atoms with Crippen LogP contribution in [0.1, 0.15) is 50.5 Å². The lowest BCUT2D eigenvalue weighted by atomic mass is 10.0. The molecule has 0 amide bonds. The minimum absolute atomic E-state index is 0.913. The molecule has 0 bridgehead atoms. The van der Waals surface area contributed by atoms with Crippen LogP contribution in [0.15, 0.2) is 42.1 Å². The standard InChI is InChI=1S/C17H23NO/c1-2-3-4-5-6-7-8-12-16-14-15-11-9-10-13-17(15)19-18-16/h2,9-11,13H,1,3-8,12,14H2. The molecule has 0 N–H and O–H groups in total. The van der Waals surface area contributed by atoms with Gasteiger partial charge in [0, 0.05) is 12.0 Å². The van der Waals surface area contributed by atoms with Gasteiger partial charge in [-0.05, 0) is 31.7 Å². The predicted molar refractivity (Wildman–Crippen MR) is 80.7 cm³/mol. The summed E-state index contributed by atoms with van der Waals surface area (Å²) in [7, 11) is 0. The molecular formula is C17H23NO. The van der Waals surface area contributed by atoms with Crippen molar-refractivity contribution in [2.24, 2.45) is 5.16 Å². The topological polar surface area (TPSA) is 21.6 Å². The molecule has 0 aromatic heterocycles. The Labute approximate surface area is 116 Å². The summed E-state index contributed by atoms with van der Waals surface area (Å²) in [4.78, 5) is 5.42. The fourth-order valence-electron chi connectivity index (χ4n) is 2.39. The van der Waals surface area contributed by atoms with Gasteiger partial charge in [0.1, 0.15) is 0 Å². The van der Waals surface area contributed by atoms with E-state index in [2.05, 4.69) is 23.9 Å². The Bertz CT molecular complexity index is 437. The normalized spacial score (nSPS) is 13.4. The van der Waals surface area contributed by atoms with E-state index >= 15 is 0 Å². The van der Waals surface area contributed by atoms with E-state index in [0.29, 0.717) is 0 Å². The van der Waals surface area contributed by atoms with Gasteiger partial charge in [0.25, 0.3) is 0 Å². The van der Waals surface area contributed by atoms with Gasteiger partial charge in [-0.25, -0.2) is 0 Å². The van der Waals surface area contributed by atoms with E-state index in [-0.39, 0.29) is 0 Å². The number of benzene rings is 1. The number of unbranched alkanes of at least 4 members (excludes halogenated alkanes) is 5. The minimum Gasteiger partial charge on any atom is -0.357 e. The molecular weight excluding hydrogens is 234 g/mol. The molecule has 0 saturated carbocycles. The summed E-state index contributed by atoms with van der Waals surface area (Å²) in [6.07, 6.45) is 11.6. The van der Waals surface area contributed by atoms with Crippen LogP contribution in [0.3, 0.4) is 0 Å². The molecule has 1 aromatic rings. The third kappa shape index (κ3) is 4.55. The highest BCUT2D eigenvalue weighted by molar-refractivity contribution is 5.87. The molecule has 0 aliphatic carbocycles. The van der Waals surface area contributed by atoms with Crippen LogP contribution in [0, 0.1) is 0 Å². The maximum Gasteiger partial charge on any atom is 0.161 e. The lowest BCUT2D eigenvalue weighted by Crippen LogP contribution is -2.11. The quantitative estimate of drug-likeness (QED) is 0.479. The molecule has 0 spiro atoms. The molecule has 2 nitrogen and oxygen atoms in total. The van der Waals surface area contributed by atoms with Crippen LogP contribution in [0.4, 0.5) is 0 Å². The first-order chi connectivity index (χ1) is 9.40. The molecule has 102 valence electrons. The maximum atomic E-state index is 5.42. The summed E-state index contributed by atoms with van der Waals surface area (Å²) < 4.78 is 0. The van der Waals surface area contributed by atoms with Crippen molar-refractivity contribution < 1.29 is 4.84 Å². The van der Waals surface area contributed by atoms with E-state index in [4.69, 9.17) is 4.84 Å². The van der Waals surface area contributed by atoms with E-state index in [1.807, 2.05) is 18.2 Å². The van der Waals surface area contributed by atoms with Crippen molar-refractivity contribution in [2.75, 3.05) is 0 Å². The molecule has 19 heavy (non-hydrogen) atoms. The molecule has 0 atom stereocenters. The third-order valence-corrected chi connectivity index (χ3v) is 3.51. The molecule has 0 radical (unpaired) electrons. The number of nitrogens with zero attached hydrogens (tertiary/aromatic N) is 1. The van der Waals surface area contributed by atoms with Gasteiger partial charge in [-0.1, -0.05) is 48.7 Å². The van der Waals surface area contributed by atoms with E-state index < -0.39 is 0 Å². The Hall–Kier alpha value is -1.57. The molecule has 2 rings (SSSR count). The minimum atomic E-state index is 0.913. The van der Waals surface area contributed by atoms with Gasteiger partial charge in [-0.3, -0.25) is 0 Å². The molecule has 0 unspecified atom stereocenters. The van der Waals surface area contributed by atoms with Gasteiger partial charge in [0.2, 0.25) is 0 Å². The van der Waals surface area contributed by atoms with Gasteiger partial charge < -0.3 is 4.84 Å². The first-order valence-electron chi connectivity index (χ1n) is 7.31. The summed E-state index contributed by atoms with van der Waals surface area (Å²) in [6.45, 7) is 3.74.